The predicted octanol–water partition coefficient (Wildman–Crippen LogP) is 2.98. The zero-order valence-corrected chi connectivity index (χ0v) is 12.1. The summed E-state index contributed by atoms with van der Waals surface area (Å²) in [4.78, 5) is 29.7. The first-order valence-corrected chi connectivity index (χ1v) is 7.42. The smallest absolute Gasteiger partial charge is 0.408 e. The second kappa shape index (κ2) is 5.53. The van der Waals surface area contributed by atoms with Crippen LogP contribution in [0.3, 0.4) is 0 Å². The molecule has 3 rings (SSSR count). The number of hydrogen-bond donors (Lipinski definition) is 2. The Labute approximate surface area is 123 Å². The number of H-pyrrole nitrogens is 1. The van der Waals surface area contributed by atoms with Crippen LogP contribution in [0.25, 0.3) is 22.4 Å². The second-order valence-electron chi connectivity index (χ2n) is 4.56. The van der Waals surface area contributed by atoms with E-state index in [4.69, 9.17) is 4.42 Å². The number of aromatic nitrogens is 2. The molecule has 0 bridgehead atoms. The summed E-state index contributed by atoms with van der Waals surface area (Å²) in [5.74, 6) is -0.513. The van der Waals surface area contributed by atoms with E-state index in [2.05, 4.69) is 15.3 Å². The topological polar surface area (TPSA) is 88.0 Å². The van der Waals surface area contributed by atoms with E-state index >= 15 is 0 Å². The van der Waals surface area contributed by atoms with Gasteiger partial charge in [0.15, 0.2) is 10.7 Å². The third-order valence-corrected chi connectivity index (χ3v) is 3.70. The van der Waals surface area contributed by atoms with Gasteiger partial charge in [0.1, 0.15) is 0 Å². The Kier molecular flexibility index (Phi) is 3.57. The Morgan fingerprint density at radius 1 is 1.48 bits per heavy atom. The van der Waals surface area contributed by atoms with Gasteiger partial charge in [0.05, 0.1) is 11.2 Å². The van der Waals surface area contributed by atoms with Crippen molar-refractivity contribution in [3.05, 3.63) is 34.1 Å². The average Bonchev–Trinajstić information content (AvgIpc) is 3.03. The van der Waals surface area contributed by atoms with Crippen LogP contribution in [0, 0.1) is 0 Å². The summed E-state index contributed by atoms with van der Waals surface area (Å²) in [6.45, 7) is 1.95. The zero-order chi connectivity index (χ0) is 14.8. The molecule has 0 aliphatic carbocycles. The maximum Gasteiger partial charge on any atom is 0.417 e. The zero-order valence-electron chi connectivity index (χ0n) is 11.3. The Hall–Kier alpha value is -2.41. The van der Waals surface area contributed by atoms with E-state index in [-0.39, 0.29) is 5.91 Å². The van der Waals surface area contributed by atoms with Crippen LogP contribution >= 0.6 is 11.3 Å². The fraction of sp³-hybridized carbons (Fsp3) is 0.214. The molecule has 1 aromatic carbocycles. The molecule has 0 aliphatic heterocycles. The molecule has 0 unspecified atom stereocenters. The van der Waals surface area contributed by atoms with E-state index in [0.29, 0.717) is 22.7 Å². The van der Waals surface area contributed by atoms with Gasteiger partial charge in [-0.05, 0) is 24.6 Å². The van der Waals surface area contributed by atoms with Gasteiger partial charge in [-0.1, -0.05) is 6.92 Å². The molecule has 108 valence electrons. The Bertz CT molecular complexity index is 846. The van der Waals surface area contributed by atoms with Crippen molar-refractivity contribution in [3.63, 3.8) is 0 Å². The number of nitrogens with zero attached hydrogens (tertiary/aromatic N) is 1. The minimum absolute atomic E-state index is 0.0342. The molecular formula is C14H13N3O3S. The SMILES string of the molecule is CCCC(=O)Nc1nc(-c2ccc3oc(=O)[nH]c3c2)cs1. The van der Waals surface area contributed by atoms with E-state index < -0.39 is 5.76 Å². The molecule has 2 N–H and O–H groups in total. The number of rotatable bonds is 4. The number of thiazole rings is 1. The molecule has 1 amide bonds. The lowest BCUT2D eigenvalue weighted by Crippen LogP contribution is -2.10. The molecule has 6 nitrogen and oxygen atoms in total. The maximum absolute atomic E-state index is 11.5. The van der Waals surface area contributed by atoms with Crippen molar-refractivity contribution in [2.75, 3.05) is 5.32 Å². The number of fused-ring (bicyclic) bond motifs is 1. The summed E-state index contributed by atoms with van der Waals surface area (Å²) in [7, 11) is 0. The highest BCUT2D eigenvalue weighted by Crippen LogP contribution is 2.27. The van der Waals surface area contributed by atoms with Gasteiger partial charge in [-0.2, -0.15) is 0 Å². The van der Waals surface area contributed by atoms with E-state index in [9.17, 15) is 9.59 Å². The van der Waals surface area contributed by atoms with E-state index in [1.54, 1.807) is 12.1 Å². The number of nitrogens with one attached hydrogen (secondary N) is 2. The molecule has 2 aromatic heterocycles. The van der Waals surface area contributed by atoms with Gasteiger partial charge in [-0.25, -0.2) is 9.78 Å². The summed E-state index contributed by atoms with van der Waals surface area (Å²) >= 11 is 1.37. The first-order valence-electron chi connectivity index (χ1n) is 6.54. The van der Waals surface area contributed by atoms with E-state index in [1.165, 1.54) is 11.3 Å². The van der Waals surface area contributed by atoms with Gasteiger partial charge < -0.3 is 9.73 Å². The number of oxazole rings is 1. The van der Waals surface area contributed by atoms with Crippen molar-refractivity contribution in [1.29, 1.82) is 0 Å². The number of carbonyl (C=O) groups excluding carboxylic acids is 1. The summed E-state index contributed by atoms with van der Waals surface area (Å²) in [5, 5.41) is 5.20. The molecule has 0 atom stereocenters. The van der Waals surface area contributed by atoms with Crippen molar-refractivity contribution in [3.8, 4) is 11.3 Å². The Morgan fingerprint density at radius 3 is 3.14 bits per heavy atom. The number of benzene rings is 1. The average molecular weight is 303 g/mol. The summed E-state index contributed by atoms with van der Waals surface area (Å²) in [5.41, 5.74) is 2.74. The number of anilines is 1. The summed E-state index contributed by atoms with van der Waals surface area (Å²) in [6.07, 6.45) is 1.28. The molecular weight excluding hydrogens is 290 g/mol. The highest BCUT2D eigenvalue weighted by molar-refractivity contribution is 7.14. The Balaban J connectivity index is 1.87. The molecule has 0 fully saturated rings. The number of hydrogen-bond acceptors (Lipinski definition) is 5. The van der Waals surface area contributed by atoms with Crippen LogP contribution in [0.1, 0.15) is 19.8 Å². The molecule has 21 heavy (non-hydrogen) atoms. The Morgan fingerprint density at radius 2 is 2.33 bits per heavy atom. The highest BCUT2D eigenvalue weighted by Gasteiger charge is 2.09. The van der Waals surface area contributed by atoms with Crippen molar-refractivity contribution >= 4 is 33.5 Å². The van der Waals surface area contributed by atoms with E-state index in [1.807, 2.05) is 18.4 Å². The largest absolute Gasteiger partial charge is 0.417 e. The van der Waals surface area contributed by atoms with Crippen LogP contribution < -0.4 is 11.1 Å². The van der Waals surface area contributed by atoms with Crippen LogP contribution in [-0.2, 0) is 4.79 Å². The lowest BCUT2D eigenvalue weighted by molar-refractivity contribution is -0.116. The molecule has 0 spiro atoms. The molecule has 7 heteroatoms. The van der Waals surface area contributed by atoms with Crippen molar-refractivity contribution in [2.45, 2.75) is 19.8 Å². The number of carbonyl (C=O) groups is 1. The first-order chi connectivity index (χ1) is 10.2. The first kappa shape index (κ1) is 13.6. The molecule has 0 radical (unpaired) electrons. The molecule has 0 saturated carbocycles. The minimum atomic E-state index is -0.479. The highest BCUT2D eigenvalue weighted by atomic mass is 32.1. The van der Waals surface area contributed by atoms with Gasteiger partial charge in [0.25, 0.3) is 0 Å². The van der Waals surface area contributed by atoms with Crippen molar-refractivity contribution in [1.82, 2.24) is 9.97 Å². The van der Waals surface area contributed by atoms with Crippen molar-refractivity contribution < 1.29 is 9.21 Å². The summed E-state index contributed by atoms with van der Waals surface area (Å²) < 4.78 is 4.96. The molecule has 0 saturated heterocycles. The molecule has 0 aliphatic rings. The minimum Gasteiger partial charge on any atom is -0.408 e. The predicted molar refractivity (Wildman–Crippen MR) is 81.5 cm³/mol. The van der Waals surface area contributed by atoms with Gasteiger partial charge in [0, 0.05) is 17.4 Å². The van der Waals surface area contributed by atoms with Crippen LogP contribution in [-0.4, -0.2) is 15.9 Å². The van der Waals surface area contributed by atoms with Crippen LogP contribution in [0.15, 0.2) is 32.8 Å². The maximum atomic E-state index is 11.5. The van der Waals surface area contributed by atoms with Gasteiger partial charge >= 0.3 is 5.76 Å². The van der Waals surface area contributed by atoms with Gasteiger partial charge in [-0.3, -0.25) is 9.78 Å². The molecule has 3 aromatic rings. The van der Waals surface area contributed by atoms with Crippen molar-refractivity contribution in [2.24, 2.45) is 0 Å². The van der Waals surface area contributed by atoms with Crippen LogP contribution in [0.5, 0.6) is 0 Å². The number of amides is 1. The van der Waals surface area contributed by atoms with E-state index in [0.717, 1.165) is 17.7 Å². The lowest BCUT2D eigenvalue weighted by atomic mass is 10.1. The fourth-order valence-corrected chi connectivity index (χ4v) is 2.72. The van der Waals surface area contributed by atoms with Crippen LogP contribution in [0.2, 0.25) is 0 Å². The quantitative estimate of drug-likeness (QED) is 0.775. The second-order valence-corrected chi connectivity index (χ2v) is 5.42. The lowest BCUT2D eigenvalue weighted by Gasteiger charge is -1.99. The standard InChI is InChI=1S/C14H13N3O3S/c1-2-3-12(18)17-13-15-10(7-21-13)8-4-5-11-9(6-8)16-14(19)20-11/h4-7H,2-3H2,1H3,(H,16,19)(H,15,17,18). The molecule has 2 heterocycles. The fourth-order valence-electron chi connectivity index (χ4n) is 1.98. The number of aromatic amines is 1. The van der Waals surface area contributed by atoms with Gasteiger partial charge in [0.2, 0.25) is 5.91 Å². The third kappa shape index (κ3) is 2.87. The van der Waals surface area contributed by atoms with Crippen LogP contribution in [0.4, 0.5) is 5.13 Å². The third-order valence-electron chi connectivity index (χ3n) is 2.94. The summed E-state index contributed by atoms with van der Waals surface area (Å²) in [6, 6.07) is 5.34. The monoisotopic (exact) mass is 303 g/mol. The van der Waals surface area contributed by atoms with Gasteiger partial charge in [-0.15, -0.1) is 11.3 Å². The normalized spacial score (nSPS) is 10.9.